The number of hydrogen-bond acceptors (Lipinski definition) is 2. The van der Waals surface area contributed by atoms with Gasteiger partial charge < -0.3 is 10.1 Å². The number of nitrogens with one attached hydrogen (secondary N) is 1. The van der Waals surface area contributed by atoms with Crippen LogP contribution in [-0.4, -0.2) is 23.1 Å². The molecule has 0 aromatic rings. The van der Waals surface area contributed by atoms with Gasteiger partial charge in [0.05, 0.1) is 5.54 Å². The minimum atomic E-state index is -0.448. The molecule has 0 aromatic heterocycles. The van der Waals surface area contributed by atoms with E-state index in [4.69, 9.17) is 16.3 Å². The van der Waals surface area contributed by atoms with Gasteiger partial charge in [0.15, 0.2) is 0 Å². The van der Waals surface area contributed by atoms with E-state index in [1.54, 1.807) is 0 Å². The summed E-state index contributed by atoms with van der Waals surface area (Å²) in [4.78, 5) is 11.6. The van der Waals surface area contributed by atoms with E-state index in [0.29, 0.717) is 5.88 Å². The van der Waals surface area contributed by atoms with E-state index in [9.17, 15) is 4.79 Å². The minimum absolute atomic E-state index is 0.232. The predicted molar refractivity (Wildman–Crippen MR) is 61.3 cm³/mol. The van der Waals surface area contributed by atoms with E-state index < -0.39 is 5.60 Å². The van der Waals surface area contributed by atoms with Crippen LogP contribution >= 0.6 is 11.6 Å². The zero-order valence-electron chi connectivity index (χ0n) is 9.73. The van der Waals surface area contributed by atoms with Crippen molar-refractivity contribution < 1.29 is 9.53 Å². The van der Waals surface area contributed by atoms with Gasteiger partial charge in [0, 0.05) is 5.88 Å². The van der Waals surface area contributed by atoms with Gasteiger partial charge in [0.2, 0.25) is 0 Å². The normalized spacial score (nSPS) is 20.0. The smallest absolute Gasteiger partial charge is 0.408 e. The number of hydrogen-bond donors (Lipinski definition) is 1. The van der Waals surface area contributed by atoms with Crippen molar-refractivity contribution in [3.05, 3.63) is 0 Å². The molecule has 15 heavy (non-hydrogen) atoms. The van der Waals surface area contributed by atoms with Gasteiger partial charge in [-0.25, -0.2) is 4.79 Å². The molecule has 1 aliphatic carbocycles. The number of halogens is 1. The molecule has 0 unspecified atom stereocenters. The molecule has 1 rings (SSSR count). The summed E-state index contributed by atoms with van der Waals surface area (Å²) >= 11 is 5.91. The Hall–Kier alpha value is -0.440. The van der Waals surface area contributed by atoms with Gasteiger partial charge in [-0.3, -0.25) is 0 Å². The number of amides is 1. The van der Waals surface area contributed by atoms with Gasteiger partial charge in [0.25, 0.3) is 0 Å². The SMILES string of the molecule is CC(C)(C)OC(=O)NC1(CCl)CCCC1. The Balaban J connectivity index is 2.49. The van der Waals surface area contributed by atoms with Gasteiger partial charge >= 0.3 is 6.09 Å². The Morgan fingerprint density at radius 1 is 1.40 bits per heavy atom. The summed E-state index contributed by atoms with van der Waals surface area (Å²) in [5, 5.41) is 2.91. The topological polar surface area (TPSA) is 38.3 Å². The van der Waals surface area contributed by atoms with Gasteiger partial charge in [-0.2, -0.15) is 0 Å². The first-order chi connectivity index (χ1) is 6.87. The van der Waals surface area contributed by atoms with Crippen LogP contribution in [0.2, 0.25) is 0 Å². The highest BCUT2D eigenvalue weighted by molar-refractivity contribution is 6.18. The lowest BCUT2D eigenvalue weighted by atomic mass is 10.0. The van der Waals surface area contributed by atoms with Crippen LogP contribution < -0.4 is 5.32 Å². The molecule has 0 atom stereocenters. The van der Waals surface area contributed by atoms with Crippen LogP contribution in [0.25, 0.3) is 0 Å². The van der Waals surface area contributed by atoms with Crippen molar-refractivity contribution in [3.63, 3.8) is 0 Å². The molecule has 1 aliphatic rings. The Bertz CT molecular complexity index is 229. The Morgan fingerprint density at radius 3 is 2.33 bits per heavy atom. The maximum atomic E-state index is 11.6. The summed E-state index contributed by atoms with van der Waals surface area (Å²) < 4.78 is 5.22. The van der Waals surface area contributed by atoms with Crippen LogP contribution in [0, 0.1) is 0 Å². The van der Waals surface area contributed by atoms with Crippen LogP contribution in [0.3, 0.4) is 0 Å². The summed E-state index contributed by atoms with van der Waals surface area (Å²) in [7, 11) is 0. The van der Waals surface area contributed by atoms with Crippen molar-refractivity contribution in [2.75, 3.05) is 5.88 Å². The second-order valence-electron chi connectivity index (χ2n) is 5.25. The highest BCUT2D eigenvalue weighted by Crippen LogP contribution is 2.30. The minimum Gasteiger partial charge on any atom is -0.444 e. The van der Waals surface area contributed by atoms with Crippen molar-refractivity contribution in [1.29, 1.82) is 0 Å². The fourth-order valence-electron chi connectivity index (χ4n) is 1.86. The zero-order chi connectivity index (χ0) is 11.5. The molecule has 0 aliphatic heterocycles. The van der Waals surface area contributed by atoms with Gasteiger partial charge in [0.1, 0.15) is 5.60 Å². The molecule has 1 fully saturated rings. The standard InChI is InChI=1S/C11H20ClNO2/c1-10(2,3)15-9(14)13-11(8-12)6-4-5-7-11/h4-8H2,1-3H3,(H,13,14). The third-order valence-corrected chi connectivity index (χ3v) is 3.09. The molecule has 1 saturated carbocycles. The lowest BCUT2D eigenvalue weighted by Gasteiger charge is -2.29. The van der Waals surface area contributed by atoms with Crippen LogP contribution in [-0.2, 0) is 4.74 Å². The second-order valence-corrected chi connectivity index (χ2v) is 5.52. The molecule has 3 nitrogen and oxygen atoms in total. The molecule has 0 aromatic carbocycles. The fraction of sp³-hybridized carbons (Fsp3) is 0.909. The van der Waals surface area contributed by atoms with Crippen molar-refractivity contribution >= 4 is 17.7 Å². The van der Waals surface area contributed by atoms with Crippen LogP contribution in [0.5, 0.6) is 0 Å². The molecule has 0 spiro atoms. The average Bonchev–Trinajstić information content (AvgIpc) is 2.50. The molecule has 88 valence electrons. The number of carbonyl (C=O) groups excluding carboxylic acids is 1. The molecular weight excluding hydrogens is 214 g/mol. The van der Waals surface area contributed by atoms with E-state index in [1.165, 1.54) is 0 Å². The lowest BCUT2D eigenvalue weighted by molar-refractivity contribution is 0.0468. The lowest BCUT2D eigenvalue weighted by Crippen LogP contribution is -2.49. The molecular formula is C11H20ClNO2. The quantitative estimate of drug-likeness (QED) is 0.745. The Kier molecular flexibility index (Phi) is 3.87. The maximum absolute atomic E-state index is 11.6. The largest absolute Gasteiger partial charge is 0.444 e. The molecule has 0 bridgehead atoms. The summed E-state index contributed by atoms with van der Waals surface area (Å²) in [5.74, 6) is 0.465. The van der Waals surface area contributed by atoms with Gasteiger partial charge in [-0.1, -0.05) is 12.8 Å². The summed E-state index contributed by atoms with van der Waals surface area (Å²) in [5.41, 5.74) is -0.680. The summed E-state index contributed by atoms with van der Waals surface area (Å²) in [6.07, 6.45) is 3.81. The molecule has 0 heterocycles. The molecule has 1 N–H and O–H groups in total. The Morgan fingerprint density at radius 2 is 1.93 bits per heavy atom. The van der Waals surface area contributed by atoms with E-state index in [1.807, 2.05) is 20.8 Å². The molecule has 1 amide bonds. The van der Waals surface area contributed by atoms with Crippen molar-refractivity contribution in [3.8, 4) is 0 Å². The fourth-order valence-corrected chi connectivity index (χ4v) is 2.20. The first-order valence-corrected chi connectivity index (χ1v) is 5.97. The first-order valence-electron chi connectivity index (χ1n) is 5.44. The zero-order valence-corrected chi connectivity index (χ0v) is 10.5. The van der Waals surface area contributed by atoms with Crippen LogP contribution in [0.15, 0.2) is 0 Å². The molecule has 4 heteroatoms. The number of ether oxygens (including phenoxy) is 1. The van der Waals surface area contributed by atoms with Gasteiger partial charge in [-0.05, 0) is 33.6 Å². The predicted octanol–water partition coefficient (Wildman–Crippen LogP) is 3.06. The number of carbonyl (C=O) groups is 1. The number of alkyl carbamates (subject to hydrolysis) is 1. The van der Waals surface area contributed by atoms with E-state index in [-0.39, 0.29) is 11.6 Å². The van der Waals surface area contributed by atoms with Crippen molar-refractivity contribution in [2.45, 2.75) is 57.6 Å². The third-order valence-electron chi connectivity index (χ3n) is 2.58. The highest BCUT2D eigenvalue weighted by atomic mass is 35.5. The maximum Gasteiger partial charge on any atom is 0.408 e. The third kappa shape index (κ3) is 3.90. The highest BCUT2D eigenvalue weighted by Gasteiger charge is 2.35. The summed E-state index contributed by atoms with van der Waals surface area (Å²) in [6, 6.07) is 0. The van der Waals surface area contributed by atoms with E-state index in [0.717, 1.165) is 25.7 Å². The van der Waals surface area contributed by atoms with Gasteiger partial charge in [-0.15, -0.1) is 11.6 Å². The van der Waals surface area contributed by atoms with Crippen molar-refractivity contribution in [1.82, 2.24) is 5.32 Å². The van der Waals surface area contributed by atoms with E-state index in [2.05, 4.69) is 5.32 Å². The second kappa shape index (κ2) is 4.60. The monoisotopic (exact) mass is 233 g/mol. The molecule has 0 radical (unpaired) electrons. The Labute approximate surface area is 96.5 Å². The number of rotatable bonds is 2. The first kappa shape index (κ1) is 12.6. The van der Waals surface area contributed by atoms with Crippen LogP contribution in [0.4, 0.5) is 4.79 Å². The van der Waals surface area contributed by atoms with Crippen molar-refractivity contribution in [2.24, 2.45) is 0 Å². The van der Waals surface area contributed by atoms with Crippen LogP contribution in [0.1, 0.15) is 46.5 Å². The van der Waals surface area contributed by atoms with E-state index >= 15 is 0 Å². The summed E-state index contributed by atoms with van der Waals surface area (Å²) in [6.45, 7) is 5.57. The average molecular weight is 234 g/mol. The molecule has 0 saturated heterocycles. The number of alkyl halides is 1.